The standard InChI is InChI=1S/C20H21N3O/c1-14(23-10-9-16-5-3-4-6-20(16)23)13-22-19-11-17(15(2)24)7-8-18(19)12-21/h3-8,11,14,22H,9-10,13H2,1-2H3. The second-order valence-corrected chi connectivity index (χ2v) is 6.23. The molecule has 0 aliphatic carbocycles. The van der Waals surface area contributed by atoms with Gasteiger partial charge >= 0.3 is 0 Å². The highest BCUT2D eigenvalue weighted by Crippen LogP contribution is 2.29. The molecule has 2 aromatic rings. The molecule has 1 atom stereocenters. The summed E-state index contributed by atoms with van der Waals surface area (Å²) in [5.41, 5.74) is 4.60. The highest BCUT2D eigenvalue weighted by atomic mass is 16.1. The summed E-state index contributed by atoms with van der Waals surface area (Å²) in [7, 11) is 0. The lowest BCUT2D eigenvalue weighted by molar-refractivity contribution is 0.101. The van der Waals surface area contributed by atoms with Gasteiger partial charge in [-0.15, -0.1) is 0 Å². The predicted octanol–water partition coefficient (Wildman–Crippen LogP) is 3.62. The summed E-state index contributed by atoms with van der Waals surface area (Å²) >= 11 is 0. The Bertz CT molecular complexity index is 807. The molecule has 4 nitrogen and oxygen atoms in total. The minimum atomic E-state index is 0.00376. The maximum Gasteiger partial charge on any atom is 0.159 e. The van der Waals surface area contributed by atoms with Gasteiger partial charge in [-0.1, -0.05) is 18.2 Å². The van der Waals surface area contributed by atoms with Crippen LogP contribution in [-0.2, 0) is 6.42 Å². The number of ketones is 1. The van der Waals surface area contributed by atoms with Crippen LogP contribution in [0.15, 0.2) is 42.5 Å². The Hall–Kier alpha value is -2.80. The Morgan fingerprint density at radius 2 is 2.12 bits per heavy atom. The lowest BCUT2D eigenvalue weighted by Crippen LogP contribution is -2.36. The van der Waals surface area contributed by atoms with Crippen LogP contribution in [0.1, 0.15) is 35.3 Å². The number of nitrogens with zero attached hydrogens (tertiary/aromatic N) is 2. The van der Waals surface area contributed by atoms with Gasteiger partial charge in [0.15, 0.2) is 5.78 Å². The summed E-state index contributed by atoms with van der Waals surface area (Å²) in [6.45, 7) is 5.44. The predicted molar refractivity (Wildman–Crippen MR) is 96.6 cm³/mol. The first-order valence-corrected chi connectivity index (χ1v) is 8.23. The average molecular weight is 319 g/mol. The van der Waals surface area contributed by atoms with E-state index in [0.717, 1.165) is 18.7 Å². The molecular formula is C20H21N3O. The van der Waals surface area contributed by atoms with Crippen LogP contribution in [0.25, 0.3) is 0 Å². The Kier molecular flexibility index (Phi) is 4.52. The monoisotopic (exact) mass is 319 g/mol. The van der Waals surface area contributed by atoms with E-state index >= 15 is 0 Å². The van der Waals surface area contributed by atoms with Gasteiger partial charge in [-0.25, -0.2) is 0 Å². The number of fused-ring (bicyclic) bond motifs is 1. The van der Waals surface area contributed by atoms with E-state index in [-0.39, 0.29) is 5.78 Å². The number of anilines is 2. The third-order valence-corrected chi connectivity index (χ3v) is 4.59. The number of nitriles is 1. The van der Waals surface area contributed by atoms with Crippen molar-refractivity contribution in [2.45, 2.75) is 26.3 Å². The van der Waals surface area contributed by atoms with Crippen LogP contribution in [0.2, 0.25) is 0 Å². The molecule has 0 fully saturated rings. The lowest BCUT2D eigenvalue weighted by atomic mass is 10.1. The molecule has 0 saturated heterocycles. The van der Waals surface area contributed by atoms with Crippen molar-refractivity contribution in [3.05, 3.63) is 59.2 Å². The maximum absolute atomic E-state index is 11.6. The molecule has 1 heterocycles. The van der Waals surface area contributed by atoms with Gasteiger partial charge in [0.1, 0.15) is 6.07 Å². The van der Waals surface area contributed by atoms with Crippen molar-refractivity contribution in [1.82, 2.24) is 0 Å². The fourth-order valence-corrected chi connectivity index (χ4v) is 3.20. The van der Waals surface area contributed by atoms with Crippen LogP contribution in [0.5, 0.6) is 0 Å². The van der Waals surface area contributed by atoms with Gasteiger partial charge in [-0.2, -0.15) is 5.26 Å². The first kappa shape index (κ1) is 16.1. The van der Waals surface area contributed by atoms with Gasteiger partial charge in [0.25, 0.3) is 0 Å². The van der Waals surface area contributed by atoms with Crippen LogP contribution >= 0.6 is 0 Å². The third-order valence-electron chi connectivity index (χ3n) is 4.59. The number of carbonyl (C=O) groups excluding carboxylic acids is 1. The van der Waals surface area contributed by atoms with Gasteiger partial charge in [0, 0.05) is 30.4 Å². The van der Waals surface area contributed by atoms with E-state index in [1.54, 1.807) is 18.2 Å². The van der Waals surface area contributed by atoms with Gasteiger partial charge in [0.2, 0.25) is 0 Å². The number of benzene rings is 2. The number of nitrogens with one attached hydrogen (secondary N) is 1. The van der Waals surface area contributed by atoms with Crippen LogP contribution in [0, 0.1) is 11.3 Å². The van der Waals surface area contributed by atoms with Crippen LogP contribution < -0.4 is 10.2 Å². The Morgan fingerprint density at radius 3 is 2.88 bits per heavy atom. The molecule has 3 rings (SSSR count). The fraction of sp³-hybridized carbons (Fsp3) is 0.300. The molecule has 24 heavy (non-hydrogen) atoms. The van der Waals surface area contributed by atoms with E-state index in [2.05, 4.69) is 47.5 Å². The topological polar surface area (TPSA) is 56.1 Å². The molecule has 0 radical (unpaired) electrons. The molecule has 0 amide bonds. The van der Waals surface area contributed by atoms with E-state index in [1.165, 1.54) is 18.2 Å². The van der Waals surface area contributed by atoms with E-state index in [9.17, 15) is 10.1 Å². The number of hydrogen-bond donors (Lipinski definition) is 1. The molecule has 1 aliphatic heterocycles. The summed E-state index contributed by atoms with van der Waals surface area (Å²) in [6, 6.07) is 16.1. The summed E-state index contributed by atoms with van der Waals surface area (Å²) in [5, 5.41) is 12.6. The molecular weight excluding hydrogens is 298 g/mol. The highest BCUT2D eigenvalue weighted by molar-refractivity contribution is 5.95. The quantitative estimate of drug-likeness (QED) is 0.855. The SMILES string of the molecule is CC(=O)c1ccc(C#N)c(NCC(C)N2CCc3ccccc32)c1. The summed E-state index contributed by atoms with van der Waals surface area (Å²) in [4.78, 5) is 14.0. The first-order chi connectivity index (χ1) is 11.6. The number of carbonyl (C=O) groups is 1. The van der Waals surface area contributed by atoms with Crippen molar-refractivity contribution >= 4 is 17.2 Å². The third kappa shape index (κ3) is 3.11. The fourth-order valence-electron chi connectivity index (χ4n) is 3.20. The lowest BCUT2D eigenvalue weighted by Gasteiger charge is -2.28. The van der Waals surface area contributed by atoms with E-state index in [1.807, 2.05) is 0 Å². The second kappa shape index (κ2) is 6.76. The van der Waals surface area contributed by atoms with Gasteiger partial charge in [0.05, 0.1) is 11.3 Å². The second-order valence-electron chi connectivity index (χ2n) is 6.23. The van der Waals surface area contributed by atoms with Crippen molar-refractivity contribution < 1.29 is 4.79 Å². The molecule has 122 valence electrons. The van der Waals surface area contributed by atoms with Crippen LogP contribution in [0.4, 0.5) is 11.4 Å². The van der Waals surface area contributed by atoms with Crippen molar-refractivity contribution in [3.8, 4) is 6.07 Å². The number of rotatable bonds is 5. The zero-order valence-electron chi connectivity index (χ0n) is 14.0. The molecule has 0 bridgehead atoms. The first-order valence-electron chi connectivity index (χ1n) is 8.23. The number of Topliss-reactive ketones (excluding diaryl/α,β-unsaturated/α-hetero) is 1. The van der Waals surface area contributed by atoms with Crippen molar-refractivity contribution in [2.75, 3.05) is 23.3 Å². The maximum atomic E-state index is 11.6. The Morgan fingerprint density at radius 1 is 1.33 bits per heavy atom. The molecule has 2 aromatic carbocycles. The molecule has 0 spiro atoms. The molecule has 4 heteroatoms. The minimum absolute atomic E-state index is 0.00376. The van der Waals surface area contributed by atoms with Crippen LogP contribution in [-0.4, -0.2) is 24.9 Å². The zero-order chi connectivity index (χ0) is 17.1. The van der Waals surface area contributed by atoms with Gasteiger partial charge < -0.3 is 10.2 Å². The largest absolute Gasteiger partial charge is 0.382 e. The Balaban J connectivity index is 1.73. The minimum Gasteiger partial charge on any atom is -0.382 e. The van der Waals surface area contributed by atoms with E-state index in [0.29, 0.717) is 23.7 Å². The van der Waals surface area contributed by atoms with Crippen molar-refractivity contribution in [2.24, 2.45) is 0 Å². The number of para-hydroxylation sites is 1. The van der Waals surface area contributed by atoms with Crippen molar-refractivity contribution in [3.63, 3.8) is 0 Å². The molecule has 1 N–H and O–H groups in total. The molecule has 1 unspecified atom stereocenters. The van der Waals surface area contributed by atoms with Crippen molar-refractivity contribution in [1.29, 1.82) is 5.26 Å². The molecule has 1 aliphatic rings. The summed E-state index contributed by atoms with van der Waals surface area (Å²) < 4.78 is 0. The molecule has 0 saturated carbocycles. The summed E-state index contributed by atoms with van der Waals surface area (Å²) in [6.07, 6.45) is 1.07. The Labute approximate surface area is 142 Å². The van der Waals surface area contributed by atoms with Gasteiger partial charge in [-0.3, -0.25) is 4.79 Å². The smallest absolute Gasteiger partial charge is 0.159 e. The average Bonchev–Trinajstić information content (AvgIpc) is 3.03. The van der Waals surface area contributed by atoms with Gasteiger partial charge in [-0.05, 0) is 50.1 Å². The zero-order valence-corrected chi connectivity index (χ0v) is 14.0. The summed E-state index contributed by atoms with van der Waals surface area (Å²) in [5.74, 6) is 0.00376. The van der Waals surface area contributed by atoms with E-state index in [4.69, 9.17) is 0 Å². The normalized spacial score (nSPS) is 14.0. The van der Waals surface area contributed by atoms with E-state index < -0.39 is 0 Å². The number of hydrogen-bond acceptors (Lipinski definition) is 4. The molecule has 0 aromatic heterocycles. The highest BCUT2D eigenvalue weighted by Gasteiger charge is 2.22. The van der Waals surface area contributed by atoms with Crippen LogP contribution in [0.3, 0.4) is 0 Å².